The van der Waals surface area contributed by atoms with E-state index in [0.29, 0.717) is 18.4 Å². The first kappa shape index (κ1) is 32.4. The van der Waals surface area contributed by atoms with Crippen LogP contribution in [-0.2, 0) is 33.7 Å². The monoisotopic (exact) mass is 504 g/mol. The molecule has 198 valence electrons. The van der Waals surface area contributed by atoms with Gasteiger partial charge in [-0.3, -0.25) is 18.9 Å². The molecule has 0 unspecified atom stereocenters. The molecule has 0 aliphatic rings. The van der Waals surface area contributed by atoms with Crippen LogP contribution in [0.4, 0.5) is 0 Å². The summed E-state index contributed by atoms with van der Waals surface area (Å²) < 4.78 is 38.2. The third kappa shape index (κ3) is 18.8. The highest BCUT2D eigenvalue weighted by Gasteiger charge is 2.18. The number of Topliss-reactive ketones (excluding diaryl/α,β-unsaturated/α-hetero) is 2. The molecular weight excluding hydrogens is 460 g/mol. The number of esters is 1. The number of hydrogen-bond donors (Lipinski definition) is 1. The molecule has 0 aliphatic heterocycles. The van der Waals surface area contributed by atoms with Crippen molar-refractivity contribution in [2.24, 2.45) is 0 Å². The third-order valence-corrected chi connectivity index (χ3v) is 6.28. The normalized spacial score (nSPS) is 12.4. The number of hydrogen-bond acceptors (Lipinski definition) is 7. The van der Waals surface area contributed by atoms with Gasteiger partial charge in [0.05, 0.1) is 20.1 Å². The molecule has 0 radical (unpaired) electrons. The van der Waals surface area contributed by atoms with E-state index in [-0.39, 0.29) is 30.2 Å². The maximum atomic E-state index is 12.0. The Morgan fingerprint density at radius 1 is 0.647 bits per heavy atom. The van der Waals surface area contributed by atoms with Crippen LogP contribution in [-0.4, -0.2) is 44.2 Å². The number of ether oxygens (including phenoxy) is 1. The van der Waals surface area contributed by atoms with Crippen molar-refractivity contribution in [1.82, 2.24) is 0 Å². The van der Waals surface area contributed by atoms with Crippen LogP contribution >= 0.6 is 0 Å². The van der Waals surface area contributed by atoms with Crippen LogP contribution in [0.1, 0.15) is 117 Å². The summed E-state index contributed by atoms with van der Waals surface area (Å²) in [6.07, 6.45) is 15.5. The van der Waals surface area contributed by atoms with Crippen LogP contribution in [0.5, 0.6) is 0 Å². The van der Waals surface area contributed by atoms with Crippen LogP contribution in [0.15, 0.2) is 11.1 Å². The molecule has 0 amide bonds. The van der Waals surface area contributed by atoms with E-state index in [0.717, 1.165) is 44.9 Å². The van der Waals surface area contributed by atoms with Gasteiger partial charge < -0.3 is 4.74 Å². The van der Waals surface area contributed by atoms with Crippen LogP contribution in [0, 0.1) is 0 Å². The van der Waals surface area contributed by atoms with Gasteiger partial charge in [-0.25, -0.2) is 4.18 Å². The molecule has 0 atom stereocenters. The van der Waals surface area contributed by atoms with Gasteiger partial charge in [0, 0.05) is 11.1 Å². The molecular formula is C25H44O8S. The molecule has 0 aromatic carbocycles. The Kier molecular flexibility index (Phi) is 18.8. The number of carbonyl (C=O) groups excluding carboxylic acids is 3. The van der Waals surface area contributed by atoms with Crippen LogP contribution in [0.2, 0.25) is 0 Å². The molecule has 0 aliphatic carbocycles. The fourth-order valence-electron chi connectivity index (χ4n) is 3.89. The van der Waals surface area contributed by atoms with Gasteiger partial charge in [0.1, 0.15) is 0 Å². The Bertz CT molecular complexity index is 740. The first-order valence-corrected chi connectivity index (χ1v) is 13.9. The summed E-state index contributed by atoms with van der Waals surface area (Å²) in [6, 6.07) is 0. The highest BCUT2D eigenvalue weighted by molar-refractivity contribution is 7.80. The molecule has 0 aromatic rings. The second-order valence-electron chi connectivity index (χ2n) is 8.77. The van der Waals surface area contributed by atoms with Gasteiger partial charge in [0.25, 0.3) is 0 Å². The molecule has 0 heterocycles. The van der Waals surface area contributed by atoms with Crippen LogP contribution in [0.3, 0.4) is 0 Å². The predicted molar refractivity (Wildman–Crippen MR) is 132 cm³/mol. The van der Waals surface area contributed by atoms with Gasteiger partial charge in [-0.05, 0) is 33.1 Å². The molecule has 0 saturated carbocycles. The van der Waals surface area contributed by atoms with Crippen molar-refractivity contribution in [3.63, 3.8) is 0 Å². The summed E-state index contributed by atoms with van der Waals surface area (Å²) in [6.45, 7) is 2.87. The van der Waals surface area contributed by atoms with Gasteiger partial charge >= 0.3 is 16.4 Å². The summed E-state index contributed by atoms with van der Waals surface area (Å²) in [7, 11) is -3.03. The number of rotatable bonds is 22. The Morgan fingerprint density at radius 2 is 1.03 bits per heavy atom. The Labute approximate surface area is 205 Å². The van der Waals surface area contributed by atoms with E-state index in [1.165, 1.54) is 59.5 Å². The standard InChI is InChI=1S/C25H44O8S/c1-21(26)23(24(22(2)27)20-25(28)32-3)18-16-14-12-10-8-6-4-5-7-9-11-13-15-17-19-33-34(29,30)31/h4-20H2,1-3H3,(H,29,30,31)/b24-23-. The summed E-state index contributed by atoms with van der Waals surface area (Å²) in [5.74, 6) is -0.908. The van der Waals surface area contributed by atoms with Crippen molar-refractivity contribution in [3.8, 4) is 0 Å². The lowest BCUT2D eigenvalue weighted by atomic mass is 9.94. The van der Waals surface area contributed by atoms with Gasteiger partial charge in [-0.1, -0.05) is 77.0 Å². The second kappa shape index (κ2) is 19.7. The minimum Gasteiger partial charge on any atom is -0.469 e. The number of carbonyl (C=O) groups is 3. The average molecular weight is 505 g/mol. The van der Waals surface area contributed by atoms with Crippen LogP contribution in [0.25, 0.3) is 0 Å². The topological polar surface area (TPSA) is 124 Å². The van der Waals surface area contributed by atoms with Gasteiger partial charge in [-0.2, -0.15) is 8.42 Å². The molecule has 0 bridgehead atoms. The summed E-state index contributed by atoms with van der Waals surface area (Å²) in [5, 5.41) is 0. The lowest BCUT2D eigenvalue weighted by molar-refractivity contribution is -0.140. The maximum absolute atomic E-state index is 12.0. The minimum atomic E-state index is -4.30. The molecule has 34 heavy (non-hydrogen) atoms. The molecule has 0 rings (SSSR count). The number of ketones is 2. The van der Waals surface area contributed by atoms with Crippen molar-refractivity contribution in [2.45, 2.75) is 117 Å². The molecule has 9 heteroatoms. The Hall–Kier alpha value is -1.58. The second-order valence-corrected chi connectivity index (χ2v) is 9.86. The van der Waals surface area contributed by atoms with Crippen molar-refractivity contribution in [1.29, 1.82) is 0 Å². The van der Waals surface area contributed by atoms with E-state index in [4.69, 9.17) is 4.55 Å². The maximum Gasteiger partial charge on any atom is 0.397 e. The predicted octanol–water partition coefficient (Wildman–Crippen LogP) is 5.70. The van der Waals surface area contributed by atoms with E-state index >= 15 is 0 Å². The first-order valence-electron chi connectivity index (χ1n) is 12.5. The molecule has 0 aromatic heterocycles. The number of unbranched alkanes of at least 4 members (excludes halogenated alkanes) is 13. The largest absolute Gasteiger partial charge is 0.469 e. The zero-order chi connectivity index (χ0) is 25.8. The first-order chi connectivity index (χ1) is 16.1. The zero-order valence-corrected chi connectivity index (χ0v) is 22.1. The molecule has 0 saturated heterocycles. The van der Waals surface area contributed by atoms with Crippen molar-refractivity contribution in [3.05, 3.63) is 11.1 Å². The lowest BCUT2D eigenvalue weighted by Crippen LogP contribution is -2.13. The van der Waals surface area contributed by atoms with E-state index in [9.17, 15) is 22.8 Å². The lowest BCUT2D eigenvalue weighted by Gasteiger charge is -2.10. The smallest absolute Gasteiger partial charge is 0.397 e. The number of allylic oxidation sites excluding steroid dienone is 1. The Balaban J connectivity index is 3.77. The molecule has 8 nitrogen and oxygen atoms in total. The van der Waals surface area contributed by atoms with Gasteiger partial charge in [-0.15, -0.1) is 0 Å². The van der Waals surface area contributed by atoms with Crippen molar-refractivity contribution in [2.75, 3.05) is 13.7 Å². The fraction of sp³-hybridized carbons (Fsp3) is 0.800. The summed E-state index contributed by atoms with van der Waals surface area (Å²) in [4.78, 5) is 35.4. The Morgan fingerprint density at radius 3 is 1.38 bits per heavy atom. The summed E-state index contributed by atoms with van der Waals surface area (Å²) in [5.41, 5.74) is 0.745. The number of methoxy groups -OCH3 is 1. The molecule has 1 N–H and O–H groups in total. The third-order valence-electron chi connectivity index (χ3n) is 5.82. The minimum absolute atomic E-state index is 0.0439. The van der Waals surface area contributed by atoms with E-state index in [1.54, 1.807) is 0 Å². The fourth-order valence-corrected chi connectivity index (χ4v) is 4.22. The molecule has 0 fully saturated rings. The quantitative estimate of drug-likeness (QED) is 0.0862. The van der Waals surface area contributed by atoms with Crippen LogP contribution < -0.4 is 0 Å². The highest BCUT2D eigenvalue weighted by atomic mass is 32.3. The van der Waals surface area contributed by atoms with Crippen molar-refractivity contribution < 1.29 is 36.3 Å². The zero-order valence-electron chi connectivity index (χ0n) is 21.2. The van der Waals surface area contributed by atoms with E-state index < -0.39 is 16.4 Å². The van der Waals surface area contributed by atoms with E-state index in [2.05, 4.69) is 8.92 Å². The average Bonchev–Trinajstić information content (AvgIpc) is 2.75. The highest BCUT2D eigenvalue weighted by Crippen LogP contribution is 2.20. The van der Waals surface area contributed by atoms with E-state index in [1.807, 2.05) is 0 Å². The SMILES string of the molecule is COC(=O)C/C(C(C)=O)=C(\CCCCCCCCCCCCCCCCOS(=O)(=O)O)C(C)=O. The summed E-state index contributed by atoms with van der Waals surface area (Å²) >= 11 is 0. The van der Waals surface area contributed by atoms with Gasteiger partial charge in [0.2, 0.25) is 0 Å². The van der Waals surface area contributed by atoms with Gasteiger partial charge in [0.15, 0.2) is 11.6 Å². The molecule has 0 spiro atoms. The van der Waals surface area contributed by atoms with Crippen molar-refractivity contribution >= 4 is 27.9 Å².